The molecule has 4 heteroatoms. The molecule has 0 amide bonds. The Morgan fingerprint density at radius 2 is 1.78 bits per heavy atom. The largest absolute Gasteiger partial charge is 0.325 e. The van der Waals surface area contributed by atoms with Gasteiger partial charge in [-0.25, -0.2) is 4.98 Å². The van der Waals surface area contributed by atoms with Crippen molar-refractivity contribution in [2.75, 3.05) is 5.32 Å². The van der Waals surface area contributed by atoms with E-state index in [4.69, 9.17) is 0 Å². The number of aromatic nitrogens is 3. The van der Waals surface area contributed by atoms with E-state index < -0.39 is 0 Å². The summed E-state index contributed by atoms with van der Waals surface area (Å²) in [5, 5.41) is 9.89. The molecule has 0 spiro atoms. The topological polar surface area (TPSA) is 53.6 Å². The molecule has 0 aliphatic heterocycles. The second-order valence-electron chi connectivity index (χ2n) is 3.89. The molecule has 0 bridgehead atoms. The molecular weight excluding hydrogens is 224 g/mol. The predicted octanol–water partition coefficient (Wildman–Crippen LogP) is 3.22. The Morgan fingerprint density at radius 3 is 2.56 bits per heavy atom. The number of benzene rings is 1. The molecule has 2 N–H and O–H groups in total. The molecule has 0 unspecified atom stereocenters. The van der Waals surface area contributed by atoms with Crippen molar-refractivity contribution in [2.24, 2.45) is 0 Å². The van der Waals surface area contributed by atoms with Crippen LogP contribution in [0, 0.1) is 0 Å². The molecule has 4 nitrogen and oxygen atoms in total. The zero-order valence-corrected chi connectivity index (χ0v) is 9.67. The van der Waals surface area contributed by atoms with Crippen LogP contribution in [-0.4, -0.2) is 15.2 Å². The van der Waals surface area contributed by atoms with Gasteiger partial charge < -0.3 is 5.32 Å². The van der Waals surface area contributed by atoms with Crippen LogP contribution in [0.3, 0.4) is 0 Å². The molecule has 18 heavy (non-hydrogen) atoms. The molecule has 88 valence electrons. The van der Waals surface area contributed by atoms with Crippen molar-refractivity contribution in [3.8, 4) is 11.1 Å². The van der Waals surface area contributed by atoms with Crippen LogP contribution in [-0.2, 0) is 0 Å². The first kappa shape index (κ1) is 10.5. The molecule has 1 aromatic carbocycles. The van der Waals surface area contributed by atoms with E-state index >= 15 is 0 Å². The maximum absolute atomic E-state index is 4.28. The van der Waals surface area contributed by atoms with E-state index in [1.807, 2.05) is 36.4 Å². The van der Waals surface area contributed by atoms with Gasteiger partial charge in [0.1, 0.15) is 11.6 Å². The van der Waals surface area contributed by atoms with Gasteiger partial charge in [-0.2, -0.15) is 5.10 Å². The van der Waals surface area contributed by atoms with Crippen molar-refractivity contribution in [1.82, 2.24) is 15.2 Å². The number of H-pyrrole nitrogens is 1. The fraction of sp³-hybridized carbons (Fsp3) is 0. The third-order valence-corrected chi connectivity index (χ3v) is 2.63. The summed E-state index contributed by atoms with van der Waals surface area (Å²) < 4.78 is 0. The maximum atomic E-state index is 4.28. The highest BCUT2D eigenvalue weighted by molar-refractivity contribution is 5.67. The lowest BCUT2D eigenvalue weighted by Crippen LogP contribution is -1.93. The standard InChI is InChI=1S/C14H12N4/c1-2-4-11(5-3-1)12-6-8-15-14(10-12)17-13-7-9-16-18-13/h1-10H,(H2,15,16,17,18). The molecular formula is C14H12N4. The van der Waals surface area contributed by atoms with E-state index in [-0.39, 0.29) is 0 Å². The molecule has 0 radical (unpaired) electrons. The van der Waals surface area contributed by atoms with Crippen LogP contribution in [0.4, 0.5) is 11.6 Å². The highest BCUT2D eigenvalue weighted by Crippen LogP contribution is 2.21. The van der Waals surface area contributed by atoms with E-state index in [9.17, 15) is 0 Å². The third kappa shape index (κ3) is 2.22. The molecule has 0 saturated heterocycles. The Labute approximate surface area is 105 Å². The first-order valence-corrected chi connectivity index (χ1v) is 5.70. The van der Waals surface area contributed by atoms with Gasteiger partial charge in [-0.05, 0) is 23.3 Å². The first-order chi connectivity index (χ1) is 8.92. The number of aromatic amines is 1. The summed E-state index contributed by atoms with van der Waals surface area (Å²) in [6.07, 6.45) is 3.49. The third-order valence-electron chi connectivity index (χ3n) is 2.63. The number of rotatable bonds is 3. The Morgan fingerprint density at radius 1 is 0.889 bits per heavy atom. The van der Waals surface area contributed by atoms with Gasteiger partial charge in [0.15, 0.2) is 0 Å². The first-order valence-electron chi connectivity index (χ1n) is 5.70. The maximum Gasteiger partial charge on any atom is 0.132 e. The Balaban J connectivity index is 1.90. The van der Waals surface area contributed by atoms with Gasteiger partial charge in [-0.15, -0.1) is 0 Å². The predicted molar refractivity (Wildman–Crippen MR) is 71.5 cm³/mol. The molecule has 0 saturated carbocycles. The summed E-state index contributed by atoms with van der Waals surface area (Å²) in [5.41, 5.74) is 2.31. The molecule has 2 heterocycles. The van der Waals surface area contributed by atoms with Gasteiger partial charge in [0, 0.05) is 12.3 Å². The van der Waals surface area contributed by atoms with Gasteiger partial charge in [0.2, 0.25) is 0 Å². The van der Waals surface area contributed by atoms with Crippen molar-refractivity contribution in [1.29, 1.82) is 0 Å². The minimum absolute atomic E-state index is 0.792. The van der Waals surface area contributed by atoms with Gasteiger partial charge in [0.05, 0.1) is 6.20 Å². The van der Waals surface area contributed by atoms with Gasteiger partial charge in [-0.1, -0.05) is 30.3 Å². The van der Waals surface area contributed by atoms with Crippen LogP contribution in [0.25, 0.3) is 11.1 Å². The smallest absolute Gasteiger partial charge is 0.132 e. The second-order valence-corrected chi connectivity index (χ2v) is 3.89. The quantitative estimate of drug-likeness (QED) is 0.734. The van der Waals surface area contributed by atoms with Crippen LogP contribution < -0.4 is 5.32 Å². The van der Waals surface area contributed by atoms with E-state index in [2.05, 4.69) is 32.6 Å². The zero-order valence-electron chi connectivity index (χ0n) is 9.67. The lowest BCUT2D eigenvalue weighted by Gasteiger charge is -2.05. The number of anilines is 2. The van der Waals surface area contributed by atoms with Gasteiger partial charge >= 0.3 is 0 Å². The summed E-state index contributed by atoms with van der Waals surface area (Å²) in [7, 11) is 0. The second kappa shape index (κ2) is 4.71. The van der Waals surface area contributed by atoms with Crippen LogP contribution in [0.2, 0.25) is 0 Å². The number of nitrogens with zero attached hydrogens (tertiary/aromatic N) is 2. The van der Waals surface area contributed by atoms with Crippen molar-refractivity contribution >= 4 is 11.6 Å². The minimum atomic E-state index is 0.792. The average molecular weight is 236 g/mol. The fourth-order valence-corrected chi connectivity index (χ4v) is 1.77. The van der Waals surface area contributed by atoms with Crippen LogP contribution in [0.1, 0.15) is 0 Å². The monoisotopic (exact) mass is 236 g/mol. The van der Waals surface area contributed by atoms with Crippen LogP contribution in [0.5, 0.6) is 0 Å². The van der Waals surface area contributed by atoms with Gasteiger partial charge in [-0.3, -0.25) is 5.10 Å². The average Bonchev–Trinajstić information content (AvgIpc) is 2.93. The lowest BCUT2D eigenvalue weighted by molar-refractivity contribution is 1.09. The van der Waals surface area contributed by atoms with E-state index in [1.54, 1.807) is 12.4 Å². The molecule has 3 aromatic rings. The minimum Gasteiger partial charge on any atom is -0.325 e. The number of hydrogen-bond donors (Lipinski definition) is 2. The summed E-state index contributed by atoms with van der Waals surface area (Å²) in [6, 6.07) is 16.1. The van der Waals surface area contributed by atoms with Crippen molar-refractivity contribution in [3.63, 3.8) is 0 Å². The molecule has 0 aliphatic rings. The molecule has 2 aromatic heterocycles. The summed E-state index contributed by atoms with van der Waals surface area (Å²) in [6.45, 7) is 0. The highest BCUT2D eigenvalue weighted by atomic mass is 15.2. The fourth-order valence-electron chi connectivity index (χ4n) is 1.77. The summed E-state index contributed by atoms with van der Waals surface area (Å²) in [5.74, 6) is 1.62. The van der Waals surface area contributed by atoms with Crippen LogP contribution in [0.15, 0.2) is 60.9 Å². The molecule has 0 fully saturated rings. The Hall–Kier alpha value is -2.62. The van der Waals surface area contributed by atoms with E-state index in [1.165, 1.54) is 5.56 Å². The van der Waals surface area contributed by atoms with Gasteiger partial charge in [0.25, 0.3) is 0 Å². The van der Waals surface area contributed by atoms with Crippen molar-refractivity contribution in [3.05, 3.63) is 60.9 Å². The van der Waals surface area contributed by atoms with Crippen LogP contribution >= 0.6 is 0 Å². The number of nitrogens with one attached hydrogen (secondary N) is 2. The SMILES string of the molecule is c1ccc(-c2ccnc(Nc3ccn[nH]3)c2)cc1. The Bertz CT molecular complexity index is 617. The summed E-state index contributed by atoms with van der Waals surface area (Å²) in [4.78, 5) is 4.28. The van der Waals surface area contributed by atoms with Crippen molar-refractivity contribution in [2.45, 2.75) is 0 Å². The summed E-state index contributed by atoms with van der Waals surface area (Å²) >= 11 is 0. The lowest BCUT2D eigenvalue weighted by atomic mass is 10.1. The molecule has 0 atom stereocenters. The number of pyridine rings is 1. The molecule has 0 aliphatic carbocycles. The molecule has 3 rings (SSSR count). The Kier molecular flexibility index (Phi) is 2.75. The van der Waals surface area contributed by atoms with Crippen molar-refractivity contribution < 1.29 is 0 Å². The normalized spacial score (nSPS) is 10.2. The van der Waals surface area contributed by atoms with E-state index in [0.29, 0.717) is 0 Å². The zero-order chi connectivity index (χ0) is 12.2. The number of hydrogen-bond acceptors (Lipinski definition) is 3. The van der Waals surface area contributed by atoms with E-state index in [0.717, 1.165) is 17.2 Å². The highest BCUT2D eigenvalue weighted by Gasteiger charge is 2.00.